The Morgan fingerprint density at radius 1 is 1.45 bits per heavy atom. The first-order valence-electron chi connectivity index (χ1n) is 6.65. The summed E-state index contributed by atoms with van der Waals surface area (Å²) in [7, 11) is 0. The van der Waals surface area contributed by atoms with Crippen molar-refractivity contribution in [1.29, 1.82) is 0 Å². The lowest BCUT2D eigenvalue weighted by atomic mass is 10.1. The third-order valence-electron chi connectivity index (χ3n) is 3.07. The molecule has 110 valence electrons. The Labute approximate surface area is 123 Å². The molecule has 0 aromatic heterocycles. The first-order chi connectivity index (χ1) is 9.60. The van der Waals surface area contributed by atoms with Gasteiger partial charge >= 0.3 is 0 Å². The second-order valence-electron chi connectivity index (χ2n) is 4.92. The van der Waals surface area contributed by atoms with Gasteiger partial charge in [0.1, 0.15) is 13.2 Å². The molecule has 3 N–H and O–H groups in total. The van der Waals surface area contributed by atoms with E-state index in [1.54, 1.807) is 12.1 Å². The lowest BCUT2D eigenvalue weighted by molar-refractivity contribution is -0.120. The molecule has 0 saturated carbocycles. The molecule has 1 amide bonds. The molecule has 1 aliphatic rings. The number of carbonyl (C=O) groups excluding carboxylic acids is 1. The monoisotopic (exact) mass is 298 g/mol. The maximum atomic E-state index is 11.8. The molecular formula is C14H19ClN2O3. The number of nitrogens with two attached hydrogens (primary N) is 1. The van der Waals surface area contributed by atoms with Gasteiger partial charge in [-0.25, -0.2) is 0 Å². The van der Waals surface area contributed by atoms with Crippen molar-refractivity contribution in [2.24, 2.45) is 11.7 Å². The fraction of sp³-hybridized carbons (Fsp3) is 0.500. The Morgan fingerprint density at radius 2 is 2.20 bits per heavy atom. The summed E-state index contributed by atoms with van der Waals surface area (Å²) in [5.74, 6) is 1.36. The Balaban J connectivity index is 1.99. The van der Waals surface area contributed by atoms with Crippen LogP contribution in [0.2, 0.25) is 5.02 Å². The number of ether oxygens (including phenoxy) is 2. The molecule has 1 aliphatic heterocycles. The summed E-state index contributed by atoms with van der Waals surface area (Å²) in [5.41, 5.74) is 6.31. The van der Waals surface area contributed by atoms with Gasteiger partial charge < -0.3 is 20.5 Å². The highest BCUT2D eigenvalue weighted by atomic mass is 35.5. The molecule has 5 nitrogen and oxygen atoms in total. The number of carbonyl (C=O) groups is 1. The zero-order chi connectivity index (χ0) is 14.5. The Hall–Kier alpha value is -1.46. The summed E-state index contributed by atoms with van der Waals surface area (Å²) < 4.78 is 10.9. The van der Waals surface area contributed by atoms with Crippen molar-refractivity contribution in [2.75, 3.05) is 26.3 Å². The number of fused-ring (bicyclic) bond motifs is 1. The van der Waals surface area contributed by atoms with Crippen LogP contribution in [0.25, 0.3) is 0 Å². The average molecular weight is 299 g/mol. The largest absolute Gasteiger partial charge is 0.486 e. The van der Waals surface area contributed by atoms with Gasteiger partial charge in [0.05, 0.1) is 11.4 Å². The first-order valence-corrected chi connectivity index (χ1v) is 7.02. The van der Waals surface area contributed by atoms with Gasteiger partial charge in [-0.3, -0.25) is 4.79 Å². The third kappa shape index (κ3) is 3.77. The third-order valence-corrected chi connectivity index (χ3v) is 3.35. The molecule has 1 unspecified atom stereocenters. The highest BCUT2D eigenvalue weighted by Crippen LogP contribution is 2.38. The van der Waals surface area contributed by atoms with Crippen molar-refractivity contribution >= 4 is 17.5 Å². The van der Waals surface area contributed by atoms with Crippen LogP contribution in [0.5, 0.6) is 11.5 Å². The van der Waals surface area contributed by atoms with E-state index in [0.717, 1.165) is 5.56 Å². The normalized spacial score (nSPS) is 14.8. The van der Waals surface area contributed by atoms with Crippen LogP contribution in [-0.2, 0) is 11.2 Å². The molecule has 2 rings (SSSR count). The fourth-order valence-corrected chi connectivity index (χ4v) is 2.17. The van der Waals surface area contributed by atoms with Crippen molar-refractivity contribution in [1.82, 2.24) is 5.32 Å². The minimum Gasteiger partial charge on any atom is -0.486 e. The van der Waals surface area contributed by atoms with Gasteiger partial charge in [-0.15, -0.1) is 0 Å². The van der Waals surface area contributed by atoms with Gasteiger partial charge in [-0.2, -0.15) is 0 Å². The van der Waals surface area contributed by atoms with Crippen LogP contribution in [0.15, 0.2) is 12.1 Å². The molecule has 0 fully saturated rings. The van der Waals surface area contributed by atoms with Crippen molar-refractivity contribution in [3.8, 4) is 11.5 Å². The Morgan fingerprint density at radius 3 is 2.95 bits per heavy atom. The number of hydrogen-bond acceptors (Lipinski definition) is 4. The summed E-state index contributed by atoms with van der Waals surface area (Å²) in [4.78, 5) is 11.8. The quantitative estimate of drug-likeness (QED) is 0.861. The summed E-state index contributed by atoms with van der Waals surface area (Å²) in [5, 5.41) is 3.32. The van der Waals surface area contributed by atoms with Gasteiger partial charge in [-0.05, 0) is 30.2 Å². The number of hydrogen-bond donors (Lipinski definition) is 2. The zero-order valence-electron chi connectivity index (χ0n) is 11.4. The molecule has 0 bridgehead atoms. The van der Waals surface area contributed by atoms with Gasteiger partial charge in [0.2, 0.25) is 5.91 Å². The van der Waals surface area contributed by atoms with Crippen LogP contribution < -0.4 is 20.5 Å². The predicted molar refractivity (Wildman–Crippen MR) is 77.4 cm³/mol. The summed E-state index contributed by atoms with van der Waals surface area (Å²) in [6.45, 7) is 4.10. The van der Waals surface area contributed by atoms with Crippen molar-refractivity contribution in [3.63, 3.8) is 0 Å². The van der Waals surface area contributed by atoms with Crippen LogP contribution in [0.4, 0.5) is 0 Å². The van der Waals surface area contributed by atoms with E-state index in [1.165, 1.54) is 0 Å². The Kier molecular flexibility index (Phi) is 5.09. The van der Waals surface area contributed by atoms with Crippen molar-refractivity contribution < 1.29 is 14.3 Å². The van der Waals surface area contributed by atoms with Gasteiger partial charge in [-0.1, -0.05) is 18.5 Å². The molecule has 20 heavy (non-hydrogen) atoms. The fourth-order valence-electron chi connectivity index (χ4n) is 1.89. The van der Waals surface area contributed by atoms with E-state index < -0.39 is 0 Å². The lowest BCUT2D eigenvalue weighted by Crippen LogP contribution is -2.32. The van der Waals surface area contributed by atoms with Crippen molar-refractivity contribution in [3.05, 3.63) is 22.7 Å². The smallest absolute Gasteiger partial charge is 0.224 e. The topological polar surface area (TPSA) is 73.6 Å². The van der Waals surface area contributed by atoms with Crippen LogP contribution in [-0.4, -0.2) is 32.2 Å². The van der Waals surface area contributed by atoms with Gasteiger partial charge in [0, 0.05) is 6.54 Å². The second kappa shape index (κ2) is 6.81. The number of benzene rings is 1. The van der Waals surface area contributed by atoms with Crippen LogP contribution in [0.1, 0.15) is 12.5 Å². The van der Waals surface area contributed by atoms with Crippen LogP contribution in [0.3, 0.4) is 0 Å². The summed E-state index contributed by atoms with van der Waals surface area (Å²) in [6, 6.07) is 3.54. The molecule has 1 aromatic carbocycles. The maximum Gasteiger partial charge on any atom is 0.224 e. The molecular weight excluding hydrogens is 280 g/mol. The predicted octanol–water partition coefficient (Wildman–Crippen LogP) is 1.36. The number of rotatable bonds is 5. The Bertz CT molecular complexity index is 494. The van der Waals surface area contributed by atoms with E-state index in [-0.39, 0.29) is 18.2 Å². The second-order valence-corrected chi connectivity index (χ2v) is 5.33. The van der Waals surface area contributed by atoms with E-state index in [4.69, 9.17) is 26.8 Å². The summed E-state index contributed by atoms with van der Waals surface area (Å²) >= 11 is 6.13. The molecule has 1 aromatic rings. The number of nitrogens with one attached hydrogen (secondary N) is 1. The first kappa shape index (κ1) is 14.9. The molecule has 0 spiro atoms. The number of halogens is 1. The van der Waals surface area contributed by atoms with E-state index in [0.29, 0.717) is 42.8 Å². The summed E-state index contributed by atoms with van der Waals surface area (Å²) in [6.07, 6.45) is 0.258. The minimum absolute atomic E-state index is 0.0574. The van der Waals surface area contributed by atoms with Crippen molar-refractivity contribution in [2.45, 2.75) is 13.3 Å². The zero-order valence-corrected chi connectivity index (χ0v) is 12.2. The lowest BCUT2D eigenvalue weighted by Gasteiger charge is -2.20. The van der Waals surface area contributed by atoms with E-state index in [2.05, 4.69) is 5.32 Å². The minimum atomic E-state index is -0.0574. The average Bonchev–Trinajstić information content (AvgIpc) is 2.44. The molecule has 0 aliphatic carbocycles. The molecule has 0 radical (unpaired) electrons. The van der Waals surface area contributed by atoms with Crippen LogP contribution in [0, 0.1) is 5.92 Å². The van der Waals surface area contributed by atoms with Crippen LogP contribution >= 0.6 is 11.6 Å². The van der Waals surface area contributed by atoms with E-state index in [9.17, 15) is 4.79 Å². The standard InChI is InChI=1S/C14H19ClN2O3/c1-9(7-16)8-17-13(18)6-10-4-11(15)14-12(5-10)19-2-3-20-14/h4-5,9H,2-3,6-8,16H2,1H3,(H,17,18). The van der Waals surface area contributed by atoms with Gasteiger partial charge in [0.25, 0.3) is 0 Å². The maximum absolute atomic E-state index is 11.8. The highest BCUT2D eigenvalue weighted by molar-refractivity contribution is 6.32. The highest BCUT2D eigenvalue weighted by Gasteiger charge is 2.17. The molecule has 6 heteroatoms. The van der Waals surface area contributed by atoms with E-state index >= 15 is 0 Å². The SMILES string of the molecule is CC(CN)CNC(=O)Cc1cc(Cl)c2c(c1)OCCO2. The van der Waals surface area contributed by atoms with Gasteiger partial charge in [0.15, 0.2) is 11.5 Å². The number of amides is 1. The molecule has 0 saturated heterocycles. The van der Waals surface area contributed by atoms with E-state index in [1.807, 2.05) is 6.92 Å². The molecule has 1 heterocycles. The molecule has 1 atom stereocenters.